The molecule has 3 nitrogen and oxygen atoms in total. The number of nitrogens with one attached hydrogen (secondary N) is 1. The van der Waals surface area contributed by atoms with E-state index in [2.05, 4.69) is 10.3 Å². The third kappa shape index (κ3) is 1.80. The van der Waals surface area contributed by atoms with E-state index in [0.717, 1.165) is 17.7 Å². The molecule has 0 radical (unpaired) electrons. The van der Waals surface area contributed by atoms with Gasteiger partial charge in [0.2, 0.25) is 0 Å². The normalized spacial score (nSPS) is 25.7. The van der Waals surface area contributed by atoms with Crippen LogP contribution >= 0.6 is 0 Å². The molecule has 2 N–H and O–H groups in total. The fraction of sp³-hybridized carbons (Fsp3) is 0.500. The van der Waals surface area contributed by atoms with Crippen LogP contribution in [0.4, 0.5) is 5.69 Å². The molecule has 0 aromatic carbocycles. The van der Waals surface area contributed by atoms with Crippen molar-refractivity contribution >= 4 is 5.69 Å². The van der Waals surface area contributed by atoms with Gasteiger partial charge in [0.15, 0.2) is 0 Å². The first-order valence-electron chi connectivity index (χ1n) is 4.59. The minimum Gasteiger partial charge on any atom is -0.396 e. The summed E-state index contributed by atoms with van der Waals surface area (Å²) in [4.78, 5) is 4.02. The zero-order chi connectivity index (χ0) is 9.26. The van der Waals surface area contributed by atoms with Gasteiger partial charge in [0.25, 0.3) is 0 Å². The maximum atomic E-state index is 8.87. The number of anilines is 1. The van der Waals surface area contributed by atoms with Crippen LogP contribution in [0.25, 0.3) is 0 Å². The van der Waals surface area contributed by atoms with Crippen molar-refractivity contribution in [3.8, 4) is 0 Å². The summed E-state index contributed by atoms with van der Waals surface area (Å²) in [5.74, 6) is 0.451. The van der Waals surface area contributed by atoms with E-state index in [0.29, 0.717) is 18.6 Å². The van der Waals surface area contributed by atoms with Crippen LogP contribution in [-0.2, 0) is 0 Å². The van der Waals surface area contributed by atoms with Crippen molar-refractivity contribution in [2.75, 3.05) is 11.9 Å². The van der Waals surface area contributed by atoms with Crippen molar-refractivity contribution in [1.29, 1.82) is 0 Å². The average Bonchev–Trinajstić information content (AvgIpc) is 2.88. The summed E-state index contributed by atoms with van der Waals surface area (Å²) >= 11 is 0. The lowest BCUT2D eigenvalue weighted by atomic mass is 10.2. The Morgan fingerprint density at radius 2 is 2.54 bits per heavy atom. The Morgan fingerprint density at radius 1 is 1.69 bits per heavy atom. The van der Waals surface area contributed by atoms with Gasteiger partial charge in [-0.25, -0.2) is 0 Å². The lowest BCUT2D eigenvalue weighted by Crippen LogP contribution is -2.07. The van der Waals surface area contributed by atoms with E-state index in [1.54, 1.807) is 6.20 Å². The number of aromatic nitrogens is 1. The molecule has 1 aromatic heterocycles. The van der Waals surface area contributed by atoms with Gasteiger partial charge in [-0.05, 0) is 25.0 Å². The fourth-order valence-electron chi connectivity index (χ4n) is 1.46. The Bertz CT molecular complexity index is 301. The van der Waals surface area contributed by atoms with Crippen LogP contribution in [0, 0.1) is 12.8 Å². The van der Waals surface area contributed by atoms with Crippen molar-refractivity contribution in [2.45, 2.75) is 19.4 Å². The van der Waals surface area contributed by atoms with E-state index >= 15 is 0 Å². The third-order valence-electron chi connectivity index (χ3n) is 2.52. The Balaban J connectivity index is 1.99. The predicted octanol–water partition coefficient (Wildman–Crippen LogP) is 1.18. The van der Waals surface area contributed by atoms with Crippen LogP contribution in [0.15, 0.2) is 18.5 Å². The standard InChI is InChI=1S/C10H14N2O/c1-7-5-11-3-2-9(7)12-10-4-8(10)6-13/h2-3,5,8,10,13H,4,6H2,1H3,(H,11,12). The maximum absolute atomic E-state index is 8.87. The first-order valence-corrected chi connectivity index (χ1v) is 4.59. The first-order chi connectivity index (χ1) is 6.31. The monoisotopic (exact) mass is 178 g/mol. The number of hydrogen-bond acceptors (Lipinski definition) is 3. The summed E-state index contributed by atoms with van der Waals surface area (Å²) in [5.41, 5.74) is 2.29. The summed E-state index contributed by atoms with van der Waals surface area (Å²) in [7, 11) is 0. The Hall–Kier alpha value is -1.09. The number of rotatable bonds is 3. The second-order valence-corrected chi connectivity index (χ2v) is 3.62. The number of nitrogens with zero attached hydrogens (tertiary/aromatic N) is 1. The number of hydrogen-bond donors (Lipinski definition) is 2. The van der Waals surface area contributed by atoms with E-state index in [1.165, 1.54) is 0 Å². The lowest BCUT2D eigenvalue weighted by molar-refractivity contribution is 0.275. The van der Waals surface area contributed by atoms with E-state index in [4.69, 9.17) is 5.11 Å². The van der Waals surface area contributed by atoms with Gasteiger partial charge in [-0.2, -0.15) is 0 Å². The van der Waals surface area contributed by atoms with Crippen LogP contribution in [0.2, 0.25) is 0 Å². The largest absolute Gasteiger partial charge is 0.396 e. The van der Waals surface area contributed by atoms with Crippen molar-refractivity contribution in [1.82, 2.24) is 4.98 Å². The first kappa shape index (κ1) is 8.51. The number of pyridine rings is 1. The molecule has 1 aromatic rings. The smallest absolute Gasteiger partial charge is 0.0479 e. The average molecular weight is 178 g/mol. The highest BCUT2D eigenvalue weighted by Crippen LogP contribution is 2.33. The highest BCUT2D eigenvalue weighted by atomic mass is 16.3. The Kier molecular flexibility index (Phi) is 2.19. The molecular weight excluding hydrogens is 164 g/mol. The molecule has 1 aliphatic rings. The summed E-state index contributed by atoms with van der Waals surface area (Å²) in [6, 6.07) is 2.44. The molecule has 2 rings (SSSR count). The van der Waals surface area contributed by atoms with Gasteiger partial charge in [0.05, 0.1) is 0 Å². The van der Waals surface area contributed by atoms with Crippen LogP contribution < -0.4 is 5.32 Å². The van der Waals surface area contributed by atoms with E-state index < -0.39 is 0 Å². The van der Waals surface area contributed by atoms with Crippen molar-refractivity contribution in [3.63, 3.8) is 0 Å². The molecule has 0 saturated heterocycles. The van der Waals surface area contributed by atoms with E-state index in [-0.39, 0.29) is 0 Å². The van der Waals surface area contributed by atoms with Gasteiger partial charge in [0, 0.05) is 36.6 Å². The summed E-state index contributed by atoms with van der Waals surface area (Å²) in [6.07, 6.45) is 4.71. The molecule has 70 valence electrons. The Morgan fingerprint density at radius 3 is 3.15 bits per heavy atom. The van der Waals surface area contributed by atoms with Gasteiger partial charge in [-0.3, -0.25) is 4.98 Å². The highest BCUT2D eigenvalue weighted by molar-refractivity contribution is 5.50. The fourth-order valence-corrected chi connectivity index (χ4v) is 1.46. The quantitative estimate of drug-likeness (QED) is 0.730. The second kappa shape index (κ2) is 3.34. The molecule has 0 spiro atoms. The lowest BCUT2D eigenvalue weighted by Gasteiger charge is -2.07. The predicted molar refractivity (Wildman–Crippen MR) is 51.6 cm³/mol. The van der Waals surface area contributed by atoms with Crippen molar-refractivity contribution in [3.05, 3.63) is 24.0 Å². The molecule has 0 aliphatic heterocycles. The highest BCUT2D eigenvalue weighted by Gasteiger charge is 2.36. The third-order valence-corrected chi connectivity index (χ3v) is 2.52. The molecule has 0 bridgehead atoms. The zero-order valence-electron chi connectivity index (χ0n) is 7.70. The van der Waals surface area contributed by atoms with Crippen LogP contribution in [0.5, 0.6) is 0 Å². The summed E-state index contributed by atoms with van der Waals surface area (Å²) in [6.45, 7) is 2.33. The van der Waals surface area contributed by atoms with E-state index in [9.17, 15) is 0 Å². The molecule has 1 aliphatic carbocycles. The number of aliphatic hydroxyl groups excluding tert-OH is 1. The Labute approximate surface area is 77.8 Å². The molecule has 0 amide bonds. The molecule has 3 heteroatoms. The van der Waals surface area contributed by atoms with E-state index in [1.807, 2.05) is 19.2 Å². The zero-order valence-corrected chi connectivity index (χ0v) is 7.70. The molecule has 2 atom stereocenters. The SMILES string of the molecule is Cc1cnccc1NC1CC1CO. The number of aliphatic hydroxyl groups is 1. The van der Waals surface area contributed by atoms with Crippen LogP contribution in [0.3, 0.4) is 0 Å². The minimum absolute atomic E-state index is 0.293. The molecule has 1 saturated carbocycles. The van der Waals surface area contributed by atoms with Gasteiger partial charge in [-0.15, -0.1) is 0 Å². The van der Waals surface area contributed by atoms with Crippen molar-refractivity contribution in [2.24, 2.45) is 5.92 Å². The van der Waals surface area contributed by atoms with Gasteiger partial charge in [0.1, 0.15) is 0 Å². The van der Waals surface area contributed by atoms with Gasteiger partial charge < -0.3 is 10.4 Å². The van der Waals surface area contributed by atoms with Gasteiger partial charge in [-0.1, -0.05) is 0 Å². The minimum atomic E-state index is 0.293. The maximum Gasteiger partial charge on any atom is 0.0479 e. The second-order valence-electron chi connectivity index (χ2n) is 3.62. The topological polar surface area (TPSA) is 45.2 Å². The van der Waals surface area contributed by atoms with Crippen molar-refractivity contribution < 1.29 is 5.11 Å². The molecular formula is C10H14N2O. The van der Waals surface area contributed by atoms with Crippen LogP contribution in [-0.4, -0.2) is 22.7 Å². The molecule has 1 fully saturated rings. The summed E-state index contributed by atoms with van der Waals surface area (Å²) < 4.78 is 0. The molecule has 2 unspecified atom stereocenters. The number of aryl methyl sites for hydroxylation is 1. The molecule has 1 heterocycles. The van der Waals surface area contributed by atoms with Gasteiger partial charge >= 0.3 is 0 Å². The molecule has 13 heavy (non-hydrogen) atoms. The van der Waals surface area contributed by atoms with Crippen LogP contribution in [0.1, 0.15) is 12.0 Å². The summed E-state index contributed by atoms with van der Waals surface area (Å²) in [5, 5.41) is 12.3.